The fraction of sp³-hybridized carbons (Fsp3) is 0.222. The minimum atomic E-state index is -0.620. The van der Waals surface area contributed by atoms with E-state index in [0.717, 1.165) is 37.2 Å². The molecular weight excluding hydrogens is 417 g/mol. The maximum Gasteiger partial charge on any atom is 0.235 e. The number of nitrogens with zero attached hydrogens (tertiary/aromatic N) is 1. The molecular formula is C18H16IN3O2. The molecule has 0 spiro atoms. The molecule has 2 aromatic carbocycles. The first-order valence-corrected chi connectivity index (χ1v) is 8.71. The van der Waals surface area contributed by atoms with Crippen molar-refractivity contribution in [2.45, 2.75) is 18.8 Å². The van der Waals surface area contributed by atoms with Crippen molar-refractivity contribution in [2.24, 2.45) is 0 Å². The van der Waals surface area contributed by atoms with E-state index in [0.29, 0.717) is 6.42 Å². The topological polar surface area (TPSA) is 67.0 Å². The van der Waals surface area contributed by atoms with Crippen molar-refractivity contribution >= 4 is 45.1 Å². The number of amides is 1. The fourth-order valence-electron chi connectivity index (χ4n) is 3.33. The van der Waals surface area contributed by atoms with Crippen LogP contribution >= 0.6 is 22.6 Å². The zero-order chi connectivity index (χ0) is 16.9. The molecule has 1 aliphatic heterocycles. The van der Waals surface area contributed by atoms with Crippen LogP contribution in [0.4, 0.5) is 5.69 Å². The van der Waals surface area contributed by atoms with Crippen molar-refractivity contribution in [3.63, 3.8) is 0 Å². The number of H-pyrrole nitrogens is 1. The van der Waals surface area contributed by atoms with Crippen LogP contribution < -0.4 is 10.1 Å². The molecule has 6 heteroatoms. The SMILES string of the molecule is COc1ccc2c(c1)C(C)(Cc1ccc3c(I)n[nH]c3c1)C(=O)N2. The van der Waals surface area contributed by atoms with Gasteiger partial charge in [-0.05, 0) is 77.4 Å². The normalized spacial score (nSPS) is 19.4. The molecule has 2 heterocycles. The van der Waals surface area contributed by atoms with E-state index in [1.165, 1.54) is 0 Å². The predicted octanol–water partition coefficient (Wildman–Crippen LogP) is 3.63. The molecule has 0 bridgehead atoms. The third-order valence-corrected chi connectivity index (χ3v) is 5.53. The van der Waals surface area contributed by atoms with Crippen molar-refractivity contribution in [2.75, 3.05) is 12.4 Å². The van der Waals surface area contributed by atoms with Gasteiger partial charge in [-0.3, -0.25) is 9.89 Å². The number of hydrogen-bond donors (Lipinski definition) is 2. The molecule has 3 aromatic rings. The molecule has 1 aromatic heterocycles. The summed E-state index contributed by atoms with van der Waals surface area (Å²) in [4.78, 5) is 12.7. The van der Waals surface area contributed by atoms with Crippen LogP contribution in [0.3, 0.4) is 0 Å². The van der Waals surface area contributed by atoms with E-state index in [9.17, 15) is 4.79 Å². The van der Waals surface area contributed by atoms with Crippen LogP contribution in [0.2, 0.25) is 0 Å². The number of benzene rings is 2. The lowest BCUT2D eigenvalue weighted by atomic mass is 9.78. The van der Waals surface area contributed by atoms with Crippen LogP contribution in [0, 0.1) is 3.70 Å². The van der Waals surface area contributed by atoms with Crippen molar-refractivity contribution in [1.82, 2.24) is 10.2 Å². The van der Waals surface area contributed by atoms with Crippen LogP contribution in [-0.2, 0) is 16.6 Å². The highest BCUT2D eigenvalue weighted by Crippen LogP contribution is 2.42. The Hall–Kier alpha value is -2.09. The summed E-state index contributed by atoms with van der Waals surface area (Å²) in [5.41, 5.74) is 3.30. The average Bonchev–Trinajstić information content (AvgIpc) is 3.06. The molecule has 24 heavy (non-hydrogen) atoms. The molecule has 1 amide bonds. The summed E-state index contributed by atoms with van der Waals surface area (Å²) in [6.45, 7) is 1.98. The van der Waals surface area contributed by atoms with E-state index in [1.807, 2.05) is 25.1 Å². The van der Waals surface area contributed by atoms with Crippen LogP contribution in [0.25, 0.3) is 10.9 Å². The van der Waals surface area contributed by atoms with E-state index in [-0.39, 0.29) is 5.91 Å². The summed E-state index contributed by atoms with van der Waals surface area (Å²) in [5.74, 6) is 0.778. The third-order valence-electron chi connectivity index (χ3n) is 4.71. The Bertz CT molecular complexity index is 966. The van der Waals surface area contributed by atoms with E-state index in [1.54, 1.807) is 7.11 Å². The first-order chi connectivity index (χ1) is 11.5. The lowest BCUT2D eigenvalue weighted by Crippen LogP contribution is -2.33. The predicted molar refractivity (Wildman–Crippen MR) is 101 cm³/mol. The summed E-state index contributed by atoms with van der Waals surface area (Å²) in [7, 11) is 1.64. The molecule has 2 N–H and O–H groups in total. The smallest absolute Gasteiger partial charge is 0.235 e. The van der Waals surface area contributed by atoms with Gasteiger partial charge in [0.05, 0.1) is 18.0 Å². The van der Waals surface area contributed by atoms with Gasteiger partial charge in [-0.15, -0.1) is 0 Å². The first-order valence-electron chi connectivity index (χ1n) is 7.64. The fourth-order valence-corrected chi connectivity index (χ4v) is 3.92. The number of halogens is 1. The number of carbonyl (C=O) groups excluding carboxylic acids is 1. The van der Waals surface area contributed by atoms with Gasteiger partial charge >= 0.3 is 0 Å². The molecule has 1 aliphatic rings. The number of hydrogen-bond acceptors (Lipinski definition) is 3. The molecule has 0 radical (unpaired) electrons. The van der Waals surface area contributed by atoms with Crippen LogP contribution in [0.15, 0.2) is 36.4 Å². The number of rotatable bonds is 3. The molecule has 0 aliphatic carbocycles. The Morgan fingerprint density at radius 2 is 2.08 bits per heavy atom. The van der Waals surface area contributed by atoms with Crippen molar-refractivity contribution in [1.29, 1.82) is 0 Å². The minimum Gasteiger partial charge on any atom is -0.497 e. The Balaban J connectivity index is 1.76. The summed E-state index contributed by atoms with van der Waals surface area (Å²) in [6, 6.07) is 11.9. The lowest BCUT2D eigenvalue weighted by Gasteiger charge is -2.22. The first kappa shape index (κ1) is 15.4. The van der Waals surface area contributed by atoms with Gasteiger partial charge in [-0.1, -0.05) is 6.07 Å². The standard InChI is InChI=1S/C18H16IN3O2/c1-18(9-10-3-5-12-15(7-10)21-22-16(12)19)13-8-11(24-2)4-6-14(13)20-17(18)23/h3-8H,9H2,1-2H3,(H,20,23)(H,21,22). The number of fused-ring (bicyclic) bond motifs is 2. The van der Waals surface area contributed by atoms with Gasteiger partial charge < -0.3 is 10.1 Å². The van der Waals surface area contributed by atoms with E-state index >= 15 is 0 Å². The van der Waals surface area contributed by atoms with E-state index in [2.05, 4.69) is 56.3 Å². The Kier molecular flexibility index (Phi) is 3.52. The molecule has 0 saturated carbocycles. The summed E-state index contributed by atoms with van der Waals surface area (Å²) < 4.78 is 6.28. The van der Waals surface area contributed by atoms with Crippen molar-refractivity contribution in [3.8, 4) is 5.75 Å². The van der Waals surface area contributed by atoms with Crippen LogP contribution in [-0.4, -0.2) is 23.2 Å². The summed E-state index contributed by atoms with van der Waals surface area (Å²) >= 11 is 2.21. The van der Waals surface area contributed by atoms with Crippen molar-refractivity contribution < 1.29 is 9.53 Å². The zero-order valence-electron chi connectivity index (χ0n) is 13.3. The largest absolute Gasteiger partial charge is 0.497 e. The molecule has 5 nitrogen and oxygen atoms in total. The molecule has 1 atom stereocenters. The Morgan fingerprint density at radius 3 is 2.88 bits per heavy atom. The van der Waals surface area contributed by atoms with Crippen LogP contribution in [0.5, 0.6) is 5.75 Å². The maximum absolute atomic E-state index is 12.7. The molecule has 1 unspecified atom stereocenters. The third kappa shape index (κ3) is 2.28. The number of aromatic nitrogens is 2. The van der Waals surface area contributed by atoms with Gasteiger partial charge in [0.15, 0.2) is 0 Å². The maximum atomic E-state index is 12.7. The summed E-state index contributed by atoms with van der Waals surface area (Å²) in [6.07, 6.45) is 0.616. The zero-order valence-corrected chi connectivity index (χ0v) is 15.5. The number of carbonyl (C=O) groups is 1. The highest BCUT2D eigenvalue weighted by molar-refractivity contribution is 14.1. The van der Waals surface area contributed by atoms with Gasteiger partial charge in [0.1, 0.15) is 9.45 Å². The quantitative estimate of drug-likeness (QED) is 0.621. The number of aromatic amines is 1. The Morgan fingerprint density at radius 1 is 1.25 bits per heavy atom. The number of methoxy groups -OCH3 is 1. The van der Waals surface area contributed by atoms with Gasteiger partial charge in [0, 0.05) is 11.1 Å². The molecule has 4 rings (SSSR count). The summed E-state index contributed by atoms with van der Waals surface area (Å²) in [5, 5.41) is 11.3. The monoisotopic (exact) mass is 433 g/mol. The number of anilines is 1. The Labute approximate surface area is 152 Å². The van der Waals surface area contributed by atoms with Gasteiger partial charge in [0.2, 0.25) is 5.91 Å². The van der Waals surface area contributed by atoms with Gasteiger partial charge in [-0.25, -0.2) is 0 Å². The van der Waals surface area contributed by atoms with E-state index < -0.39 is 5.41 Å². The van der Waals surface area contributed by atoms with Gasteiger partial charge in [0.25, 0.3) is 0 Å². The number of nitrogens with one attached hydrogen (secondary N) is 2. The minimum absolute atomic E-state index is 0.0186. The average molecular weight is 433 g/mol. The molecule has 0 saturated heterocycles. The van der Waals surface area contributed by atoms with E-state index in [4.69, 9.17) is 4.74 Å². The molecule has 0 fully saturated rings. The molecule has 122 valence electrons. The number of ether oxygens (including phenoxy) is 1. The highest BCUT2D eigenvalue weighted by Gasteiger charge is 2.42. The lowest BCUT2D eigenvalue weighted by molar-refractivity contribution is -0.120. The second-order valence-corrected chi connectivity index (χ2v) is 7.29. The van der Waals surface area contributed by atoms with Crippen molar-refractivity contribution in [3.05, 3.63) is 51.2 Å². The highest BCUT2D eigenvalue weighted by atomic mass is 127. The van der Waals surface area contributed by atoms with Crippen LogP contribution in [0.1, 0.15) is 18.1 Å². The second-order valence-electron chi connectivity index (χ2n) is 6.27. The second kappa shape index (κ2) is 5.47. The van der Waals surface area contributed by atoms with Gasteiger partial charge in [-0.2, -0.15) is 5.10 Å².